The molecule has 0 aliphatic heterocycles. The maximum Gasteiger partial charge on any atom is 0.117 e. The number of nitrogens with one attached hydrogen (secondary N) is 1. The molecule has 0 fully saturated rings. The molecule has 0 saturated heterocycles. The van der Waals surface area contributed by atoms with E-state index in [0.717, 1.165) is 39.6 Å². The van der Waals surface area contributed by atoms with Gasteiger partial charge in [0.1, 0.15) is 11.4 Å². The number of hydrogen-bond donors (Lipinski definition) is 1. The molecular formula is C22H20ClN5. The van der Waals surface area contributed by atoms with Crippen molar-refractivity contribution in [2.45, 2.75) is 19.6 Å². The molecule has 1 N–H and O–H groups in total. The molecule has 0 atom stereocenters. The minimum atomic E-state index is 0.597. The molecule has 4 rings (SSSR count). The molecule has 0 bridgehead atoms. The number of hydrogen-bond acceptors (Lipinski definition) is 4. The fourth-order valence-corrected chi connectivity index (χ4v) is 3.10. The van der Waals surface area contributed by atoms with Gasteiger partial charge in [0.2, 0.25) is 0 Å². The van der Waals surface area contributed by atoms with Crippen LogP contribution >= 0.6 is 11.6 Å². The first-order chi connectivity index (χ1) is 13.8. The van der Waals surface area contributed by atoms with E-state index in [4.69, 9.17) is 21.8 Å². The summed E-state index contributed by atoms with van der Waals surface area (Å²) >= 11 is 5.98. The molecule has 0 unspecified atom stereocenters. The summed E-state index contributed by atoms with van der Waals surface area (Å²) < 4.78 is 0. The van der Waals surface area contributed by atoms with E-state index in [1.807, 2.05) is 54.7 Å². The predicted octanol–water partition coefficient (Wildman–Crippen LogP) is 4.33. The normalized spacial score (nSPS) is 10.9. The summed E-state index contributed by atoms with van der Waals surface area (Å²) in [5.41, 5.74) is 5.12. The number of benzene rings is 2. The van der Waals surface area contributed by atoms with Gasteiger partial charge in [0, 0.05) is 36.1 Å². The van der Waals surface area contributed by atoms with Gasteiger partial charge in [0.05, 0.1) is 6.54 Å². The Balaban J connectivity index is 1.54. The standard InChI is InChI=1S/C22H20ClN5/c23-20-10-8-17(9-11-20)16-28-26-21(15-25-14-18-5-4-12-24-13-18)22(27-28)19-6-2-1-3-7-19/h1-13,25H,14-16H2. The average molecular weight is 390 g/mol. The highest BCUT2D eigenvalue weighted by Crippen LogP contribution is 2.20. The molecule has 0 amide bonds. The van der Waals surface area contributed by atoms with Crippen molar-refractivity contribution in [2.24, 2.45) is 0 Å². The average Bonchev–Trinajstić information content (AvgIpc) is 3.14. The highest BCUT2D eigenvalue weighted by molar-refractivity contribution is 6.30. The topological polar surface area (TPSA) is 55.6 Å². The van der Waals surface area contributed by atoms with E-state index in [-0.39, 0.29) is 0 Å². The Bertz CT molecular complexity index is 1010. The van der Waals surface area contributed by atoms with Crippen molar-refractivity contribution in [3.05, 3.63) is 101 Å². The van der Waals surface area contributed by atoms with Gasteiger partial charge in [-0.05, 0) is 29.3 Å². The fraction of sp³-hybridized carbons (Fsp3) is 0.136. The second kappa shape index (κ2) is 8.78. The number of halogens is 1. The van der Waals surface area contributed by atoms with Crippen LogP contribution < -0.4 is 5.32 Å². The van der Waals surface area contributed by atoms with Crippen LogP contribution in [0.4, 0.5) is 0 Å². The van der Waals surface area contributed by atoms with Crippen LogP contribution in [-0.2, 0) is 19.6 Å². The lowest BCUT2D eigenvalue weighted by Crippen LogP contribution is -2.14. The van der Waals surface area contributed by atoms with Crippen LogP contribution in [0.3, 0.4) is 0 Å². The summed E-state index contributed by atoms with van der Waals surface area (Å²) in [6.07, 6.45) is 3.64. The van der Waals surface area contributed by atoms with E-state index in [1.165, 1.54) is 0 Å². The Morgan fingerprint density at radius 1 is 0.821 bits per heavy atom. The zero-order valence-corrected chi connectivity index (χ0v) is 16.0. The summed E-state index contributed by atoms with van der Waals surface area (Å²) in [7, 11) is 0. The molecule has 0 aliphatic rings. The van der Waals surface area contributed by atoms with Gasteiger partial charge in [-0.3, -0.25) is 4.98 Å². The Morgan fingerprint density at radius 2 is 1.64 bits per heavy atom. The lowest BCUT2D eigenvalue weighted by Gasteiger charge is -2.04. The molecule has 0 radical (unpaired) electrons. The number of aromatic nitrogens is 4. The van der Waals surface area contributed by atoms with Crippen molar-refractivity contribution < 1.29 is 0 Å². The van der Waals surface area contributed by atoms with Crippen molar-refractivity contribution in [3.63, 3.8) is 0 Å². The second-order valence-corrected chi connectivity index (χ2v) is 6.92. The van der Waals surface area contributed by atoms with Gasteiger partial charge >= 0.3 is 0 Å². The van der Waals surface area contributed by atoms with Crippen LogP contribution in [0.1, 0.15) is 16.8 Å². The minimum Gasteiger partial charge on any atom is -0.307 e. The predicted molar refractivity (Wildman–Crippen MR) is 111 cm³/mol. The molecule has 2 aromatic heterocycles. The maximum atomic E-state index is 5.98. The summed E-state index contributed by atoms with van der Waals surface area (Å²) in [5, 5.41) is 13.6. The zero-order chi connectivity index (χ0) is 19.2. The van der Waals surface area contributed by atoms with Crippen molar-refractivity contribution in [3.8, 4) is 11.3 Å². The lowest BCUT2D eigenvalue weighted by atomic mass is 10.1. The van der Waals surface area contributed by atoms with Crippen molar-refractivity contribution in [2.75, 3.05) is 0 Å². The fourth-order valence-electron chi connectivity index (χ4n) is 2.97. The monoisotopic (exact) mass is 389 g/mol. The van der Waals surface area contributed by atoms with E-state index < -0.39 is 0 Å². The van der Waals surface area contributed by atoms with Crippen LogP contribution in [0, 0.1) is 0 Å². The van der Waals surface area contributed by atoms with E-state index >= 15 is 0 Å². The van der Waals surface area contributed by atoms with Gasteiger partial charge in [-0.2, -0.15) is 15.0 Å². The van der Waals surface area contributed by atoms with Crippen LogP contribution in [-0.4, -0.2) is 20.0 Å². The first kappa shape index (κ1) is 18.3. The van der Waals surface area contributed by atoms with Crippen molar-refractivity contribution >= 4 is 11.6 Å². The second-order valence-electron chi connectivity index (χ2n) is 6.48. The molecule has 140 valence electrons. The van der Waals surface area contributed by atoms with Gasteiger partial charge in [-0.25, -0.2) is 0 Å². The first-order valence-electron chi connectivity index (χ1n) is 9.11. The summed E-state index contributed by atoms with van der Waals surface area (Å²) in [5.74, 6) is 0. The molecule has 5 nitrogen and oxygen atoms in total. The summed E-state index contributed by atoms with van der Waals surface area (Å²) in [6.45, 7) is 1.95. The Kier molecular flexibility index (Phi) is 5.75. The van der Waals surface area contributed by atoms with Crippen LogP contribution in [0.2, 0.25) is 5.02 Å². The van der Waals surface area contributed by atoms with Gasteiger partial charge in [0.25, 0.3) is 0 Å². The third-order valence-electron chi connectivity index (χ3n) is 4.35. The van der Waals surface area contributed by atoms with Gasteiger partial charge < -0.3 is 5.32 Å². The van der Waals surface area contributed by atoms with Crippen molar-refractivity contribution in [1.29, 1.82) is 0 Å². The molecule has 4 aromatic rings. The van der Waals surface area contributed by atoms with Crippen LogP contribution in [0.5, 0.6) is 0 Å². The summed E-state index contributed by atoms with van der Waals surface area (Å²) in [6, 6.07) is 21.9. The molecule has 2 heterocycles. The smallest absolute Gasteiger partial charge is 0.117 e. The van der Waals surface area contributed by atoms with Gasteiger partial charge in [0.15, 0.2) is 0 Å². The molecule has 6 heteroatoms. The van der Waals surface area contributed by atoms with E-state index in [9.17, 15) is 0 Å². The molecule has 0 spiro atoms. The SMILES string of the molecule is Clc1ccc(Cn2nc(CNCc3cccnc3)c(-c3ccccc3)n2)cc1. The molecule has 28 heavy (non-hydrogen) atoms. The van der Waals surface area contributed by atoms with Crippen molar-refractivity contribution in [1.82, 2.24) is 25.3 Å². The van der Waals surface area contributed by atoms with E-state index in [0.29, 0.717) is 13.1 Å². The third kappa shape index (κ3) is 4.63. The molecule has 0 saturated carbocycles. The summed E-state index contributed by atoms with van der Waals surface area (Å²) in [4.78, 5) is 5.89. The lowest BCUT2D eigenvalue weighted by molar-refractivity contribution is 0.576. The number of pyridine rings is 1. The molecular weight excluding hydrogens is 370 g/mol. The minimum absolute atomic E-state index is 0.597. The van der Waals surface area contributed by atoms with Gasteiger partial charge in [-0.1, -0.05) is 60.1 Å². The Labute approximate surface area is 169 Å². The largest absolute Gasteiger partial charge is 0.307 e. The first-order valence-corrected chi connectivity index (χ1v) is 9.49. The highest BCUT2D eigenvalue weighted by Gasteiger charge is 2.13. The zero-order valence-electron chi connectivity index (χ0n) is 15.3. The van der Waals surface area contributed by atoms with Crippen LogP contribution in [0.25, 0.3) is 11.3 Å². The van der Waals surface area contributed by atoms with Gasteiger partial charge in [-0.15, -0.1) is 0 Å². The quantitative estimate of drug-likeness (QED) is 0.511. The Hall–Kier alpha value is -3.02. The van der Waals surface area contributed by atoms with E-state index in [2.05, 4.69) is 28.5 Å². The molecule has 0 aliphatic carbocycles. The highest BCUT2D eigenvalue weighted by atomic mass is 35.5. The molecule has 2 aromatic carbocycles. The Morgan fingerprint density at radius 3 is 2.39 bits per heavy atom. The number of nitrogens with zero attached hydrogens (tertiary/aromatic N) is 4. The third-order valence-corrected chi connectivity index (χ3v) is 4.61. The maximum absolute atomic E-state index is 5.98. The van der Waals surface area contributed by atoms with E-state index in [1.54, 1.807) is 11.0 Å². The number of rotatable bonds is 7. The van der Waals surface area contributed by atoms with Crippen LogP contribution in [0.15, 0.2) is 79.1 Å².